The molecule has 0 N–H and O–H groups in total. The lowest BCUT2D eigenvalue weighted by Gasteiger charge is -1.98. The average molecular weight is 160 g/mol. The predicted molar refractivity (Wildman–Crippen MR) is 45.3 cm³/mol. The van der Waals surface area contributed by atoms with Crippen LogP contribution in [-0.4, -0.2) is 19.9 Å². The van der Waals surface area contributed by atoms with E-state index in [1.54, 1.807) is 12.4 Å². The minimum atomic E-state index is 0. The molecule has 0 aliphatic carbocycles. The van der Waals surface area contributed by atoms with Crippen LogP contribution in [0.5, 0.6) is 0 Å². The average Bonchev–Trinajstić information content (AvgIpc) is 2.17. The summed E-state index contributed by atoms with van der Waals surface area (Å²) in [7, 11) is 0. The van der Waals surface area contributed by atoms with Crippen molar-refractivity contribution in [1.29, 1.82) is 0 Å². The largest absolute Gasteiger partial charge is 1.00 e. The Balaban J connectivity index is 0.000000845. The molecule has 0 spiro atoms. The van der Waals surface area contributed by atoms with Gasteiger partial charge < -0.3 is 0 Å². The van der Waals surface area contributed by atoms with E-state index in [0.717, 1.165) is 11.2 Å². The summed E-state index contributed by atoms with van der Waals surface area (Å²) in [5, 5.41) is 0. The fourth-order valence-electron chi connectivity index (χ4n) is 1.03. The van der Waals surface area contributed by atoms with Gasteiger partial charge in [0.25, 0.3) is 0 Å². The van der Waals surface area contributed by atoms with Crippen molar-refractivity contribution in [2.75, 3.05) is 0 Å². The van der Waals surface area contributed by atoms with Gasteiger partial charge >= 0.3 is 1.43 Å². The topological polar surface area (TPSA) is 51.6 Å². The number of nitrogens with zero attached hydrogens (tertiary/aromatic N) is 4. The second kappa shape index (κ2) is 2.81. The maximum Gasteiger partial charge on any atom is 1.00 e. The molecule has 2 aromatic rings. The molecule has 0 atom stereocenters. The Morgan fingerprint density at radius 1 is 1.17 bits per heavy atom. The molecular weight excluding hydrogens is 152 g/mol. The Labute approximate surface area is 71.2 Å². The van der Waals surface area contributed by atoms with Crippen molar-refractivity contribution in [3.8, 4) is 0 Å². The molecule has 0 saturated heterocycles. The van der Waals surface area contributed by atoms with Crippen LogP contribution in [-0.2, 0) is 6.42 Å². The predicted octanol–water partition coefficient (Wildman–Crippen LogP) is 0.909. The van der Waals surface area contributed by atoms with Crippen molar-refractivity contribution in [2.24, 2.45) is 0 Å². The van der Waals surface area contributed by atoms with Gasteiger partial charge in [0.15, 0.2) is 5.65 Å². The first kappa shape index (κ1) is 7.09. The van der Waals surface area contributed by atoms with Crippen LogP contribution in [0.15, 0.2) is 18.7 Å². The molecule has 4 nitrogen and oxygen atoms in total. The second-order valence-electron chi connectivity index (χ2n) is 2.30. The van der Waals surface area contributed by atoms with Crippen molar-refractivity contribution in [2.45, 2.75) is 6.42 Å². The fraction of sp³-hybridized carbons (Fsp3) is 0.125. The molecule has 2 rings (SSSR count). The zero-order valence-electron chi connectivity index (χ0n) is 7.44. The minimum absolute atomic E-state index is 0. The quantitative estimate of drug-likeness (QED) is 0.622. The van der Waals surface area contributed by atoms with E-state index in [4.69, 9.17) is 0 Å². The summed E-state index contributed by atoms with van der Waals surface area (Å²) in [5.41, 5.74) is 2.22. The van der Waals surface area contributed by atoms with Crippen LogP contribution in [0.4, 0.5) is 0 Å². The third-order valence-electron chi connectivity index (χ3n) is 1.58. The number of rotatable bonds is 1. The van der Waals surface area contributed by atoms with Crippen molar-refractivity contribution in [3.63, 3.8) is 0 Å². The van der Waals surface area contributed by atoms with E-state index in [-0.39, 0.29) is 1.43 Å². The smallest absolute Gasteiger partial charge is 0.249 e. The summed E-state index contributed by atoms with van der Waals surface area (Å²) in [4.78, 5) is 16.2. The van der Waals surface area contributed by atoms with Crippen molar-refractivity contribution in [3.05, 3.63) is 31.3 Å². The highest BCUT2D eigenvalue weighted by Gasteiger charge is 2.01. The zero-order valence-corrected chi connectivity index (χ0v) is 6.44. The Morgan fingerprint density at radius 2 is 2.00 bits per heavy atom. The van der Waals surface area contributed by atoms with Crippen molar-refractivity contribution < 1.29 is 1.43 Å². The molecule has 2 aromatic heterocycles. The third kappa shape index (κ3) is 1.01. The van der Waals surface area contributed by atoms with Gasteiger partial charge in [0.2, 0.25) is 0 Å². The lowest BCUT2D eigenvalue weighted by atomic mass is 10.3. The molecule has 0 fully saturated rings. The number of fused-ring (bicyclic) bond motifs is 1. The maximum atomic E-state index is 4.12. The lowest BCUT2D eigenvalue weighted by molar-refractivity contribution is 1.05. The molecule has 0 aliphatic heterocycles. The number of aromatic nitrogens is 4. The van der Waals surface area contributed by atoms with Crippen LogP contribution in [0, 0.1) is 6.92 Å². The molecule has 1 radical (unpaired) electrons. The van der Waals surface area contributed by atoms with E-state index in [9.17, 15) is 0 Å². The van der Waals surface area contributed by atoms with Crippen LogP contribution >= 0.6 is 0 Å². The van der Waals surface area contributed by atoms with Gasteiger partial charge in [-0.25, -0.2) is 19.9 Å². The molecule has 0 aliphatic rings. The Hall–Kier alpha value is -1.58. The van der Waals surface area contributed by atoms with Gasteiger partial charge in [-0.1, -0.05) is 0 Å². The van der Waals surface area contributed by atoms with Gasteiger partial charge in [0.1, 0.15) is 11.8 Å². The van der Waals surface area contributed by atoms with Gasteiger partial charge in [-0.15, -0.1) is 0 Å². The molecule has 0 aromatic carbocycles. The van der Waals surface area contributed by atoms with E-state index < -0.39 is 0 Å². The number of hydrogen-bond donors (Lipinski definition) is 0. The molecule has 4 heteroatoms. The minimum Gasteiger partial charge on any atom is -0.249 e. The van der Waals surface area contributed by atoms with Gasteiger partial charge in [-0.3, -0.25) is 0 Å². The Kier molecular flexibility index (Phi) is 1.66. The van der Waals surface area contributed by atoms with Crippen LogP contribution < -0.4 is 0 Å². The molecule has 0 saturated carbocycles. The van der Waals surface area contributed by atoms with Crippen LogP contribution in [0.3, 0.4) is 0 Å². The molecule has 0 unspecified atom stereocenters. The van der Waals surface area contributed by atoms with Gasteiger partial charge in [0.05, 0.1) is 5.69 Å². The monoisotopic (exact) mass is 160 g/mol. The standard InChI is InChI=1S/C8H7N4/c1-2-6-7-8(12-5-11-6)10-4-3-9-7/h3-5H,1-2H2/p+1. The Morgan fingerprint density at radius 3 is 2.83 bits per heavy atom. The summed E-state index contributed by atoms with van der Waals surface area (Å²) in [6.45, 7) is 3.75. The molecular formula is C8H8N4+. The third-order valence-corrected chi connectivity index (χ3v) is 1.58. The summed E-state index contributed by atoms with van der Waals surface area (Å²) in [6, 6.07) is 0. The van der Waals surface area contributed by atoms with Crippen LogP contribution in [0.25, 0.3) is 11.2 Å². The Bertz CT molecular complexity index is 399. The van der Waals surface area contributed by atoms with Gasteiger partial charge in [0, 0.05) is 12.4 Å². The molecule has 2 heterocycles. The summed E-state index contributed by atoms with van der Waals surface area (Å²) >= 11 is 0. The molecule has 0 amide bonds. The van der Waals surface area contributed by atoms with Gasteiger partial charge in [-0.05, 0) is 13.3 Å². The molecule has 12 heavy (non-hydrogen) atoms. The normalized spacial score (nSPS) is 10.4. The van der Waals surface area contributed by atoms with E-state index in [1.807, 2.05) is 0 Å². The van der Waals surface area contributed by atoms with Crippen LogP contribution in [0.2, 0.25) is 0 Å². The summed E-state index contributed by atoms with van der Waals surface area (Å²) < 4.78 is 0. The number of hydrogen-bond acceptors (Lipinski definition) is 4. The van der Waals surface area contributed by atoms with E-state index in [0.29, 0.717) is 12.1 Å². The summed E-state index contributed by atoms with van der Waals surface area (Å²) in [6.07, 6.45) is 5.34. The highest BCUT2D eigenvalue weighted by Crippen LogP contribution is 2.07. The first-order valence-corrected chi connectivity index (χ1v) is 3.61. The van der Waals surface area contributed by atoms with Gasteiger partial charge in [-0.2, -0.15) is 0 Å². The molecule has 0 bridgehead atoms. The lowest BCUT2D eigenvalue weighted by Crippen LogP contribution is -1.95. The first-order valence-electron chi connectivity index (χ1n) is 3.61. The fourth-order valence-corrected chi connectivity index (χ4v) is 1.03. The second-order valence-corrected chi connectivity index (χ2v) is 2.30. The highest BCUT2D eigenvalue weighted by molar-refractivity contribution is 5.71. The van der Waals surface area contributed by atoms with Crippen LogP contribution in [0.1, 0.15) is 7.12 Å². The summed E-state index contributed by atoms with van der Waals surface area (Å²) in [5.74, 6) is 0. The molecule has 59 valence electrons. The van der Waals surface area contributed by atoms with Crippen molar-refractivity contribution >= 4 is 11.2 Å². The van der Waals surface area contributed by atoms with E-state index in [1.165, 1.54) is 6.33 Å². The maximum absolute atomic E-state index is 4.12. The first-order chi connectivity index (χ1) is 5.92. The van der Waals surface area contributed by atoms with E-state index >= 15 is 0 Å². The highest BCUT2D eigenvalue weighted by atomic mass is 14.9. The zero-order chi connectivity index (χ0) is 8.39. The van der Waals surface area contributed by atoms with Crippen molar-refractivity contribution in [1.82, 2.24) is 19.9 Å². The van der Waals surface area contributed by atoms with E-state index in [2.05, 4.69) is 26.9 Å². The SMILES string of the molecule is [CH2]Cc1ncnc2nccnc12.[H+].